The number of nitrogens with one attached hydrogen (secondary N) is 1. The lowest BCUT2D eigenvalue weighted by Gasteiger charge is -2.12. The number of carbonyl (C=O) groups excluding carboxylic acids is 2. The van der Waals surface area contributed by atoms with E-state index in [-0.39, 0.29) is 18.3 Å². The standard InChI is InChI=1S/C23H29NO3/c1-17-15-18(2)23(19(3)16-17)24-21(25)12-7-13-22(26)27-14-8-11-20-9-5-4-6-10-20/h4-6,9-10,15-16H,7-8,11-14H2,1-3H3,(H,24,25). The van der Waals surface area contributed by atoms with Gasteiger partial charge >= 0.3 is 5.97 Å². The lowest BCUT2D eigenvalue weighted by molar-refractivity contribution is -0.143. The lowest BCUT2D eigenvalue weighted by Crippen LogP contribution is -2.14. The number of hydrogen-bond acceptors (Lipinski definition) is 3. The van der Waals surface area contributed by atoms with Crippen molar-refractivity contribution in [1.29, 1.82) is 0 Å². The van der Waals surface area contributed by atoms with Crippen molar-refractivity contribution in [3.05, 3.63) is 64.7 Å². The van der Waals surface area contributed by atoms with Crippen molar-refractivity contribution in [2.45, 2.75) is 52.9 Å². The fourth-order valence-electron chi connectivity index (χ4n) is 3.15. The van der Waals surface area contributed by atoms with E-state index >= 15 is 0 Å². The first kappa shape index (κ1) is 20.7. The van der Waals surface area contributed by atoms with Gasteiger partial charge in [0.15, 0.2) is 0 Å². The van der Waals surface area contributed by atoms with Crippen molar-refractivity contribution >= 4 is 17.6 Å². The molecule has 2 aromatic carbocycles. The maximum absolute atomic E-state index is 12.1. The average Bonchev–Trinajstić information content (AvgIpc) is 2.63. The normalized spacial score (nSPS) is 10.5. The van der Waals surface area contributed by atoms with Crippen LogP contribution in [0.5, 0.6) is 0 Å². The number of hydrogen-bond donors (Lipinski definition) is 1. The van der Waals surface area contributed by atoms with E-state index in [0.717, 1.165) is 29.7 Å². The Morgan fingerprint density at radius 1 is 0.926 bits per heavy atom. The van der Waals surface area contributed by atoms with Gasteiger partial charge in [0.1, 0.15) is 0 Å². The van der Waals surface area contributed by atoms with Crippen LogP contribution >= 0.6 is 0 Å². The molecule has 0 unspecified atom stereocenters. The third-order valence-electron chi connectivity index (χ3n) is 4.44. The molecule has 2 rings (SSSR count). The number of anilines is 1. The summed E-state index contributed by atoms with van der Waals surface area (Å²) in [5.41, 5.74) is 5.40. The third kappa shape index (κ3) is 7.26. The molecule has 0 fully saturated rings. The Labute approximate surface area is 161 Å². The van der Waals surface area contributed by atoms with Gasteiger partial charge in [-0.15, -0.1) is 0 Å². The quantitative estimate of drug-likeness (QED) is 0.507. The summed E-state index contributed by atoms with van der Waals surface area (Å²) >= 11 is 0. The van der Waals surface area contributed by atoms with Gasteiger partial charge in [0, 0.05) is 18.5 Å². The van der Waals surface area contributed by atoms with E-state index in [2.05, 4.69) is 29.6 Å². The molecule has 0 aliphatic rings. The highest BCUT2D eigenvalue weighted by Gasteiger charge is 2.10. The summed E-state index contributed by atoms with van der Waals surface area (Å²) in [7, 11) is 0. The molecule has 4 nitrogen and oxygen atoms in total. The predicted molar refractivity (Wildman–Crippen MR) is 109 cm³/mol. The Hall–Kier alpha value is -2.62. The van der Waals surface area contributed by atoms with Crippen molar-refractivity contribution in [3.8, 4) is 0 Å². The van der Waals surface area contributed by atoms with Gasteiger partial charge < -0.3 is 10.1 Å². The third-order valence-corrected chi connectivity index (χ3v) is 4.44. The molecule has 144 valence electrons. The molecule has 0 saturated heterocycles. The van der Waals surface area contributed by atoms with E-state index in [0.29, 0.717) is 19.4 Å². The number of ether oxygens (including phenoxy) is 1. The minimum atomic E-state index is -0.237. The molecule has 4 heteroatoms. The smallest absolute Gasteiger partial charge is 0.305 e. The first-order chi connectivity index (χ1) is 13.0. The maximum atomic E-state index is 12.1. The molecule has 0 saturated carbocycles. The van der Waals surface area contributed by atoms with Gasteiger partial charge in [-0.2, -0.15) is 0 Å². The van der Waals surface area contributed by atoms with Crippen molar-refractivity contribution in [2.75, 3.05) is 11.9 Å². The molecule has 0 atom stereocenters. The Morgan fingerprint density at radius 2 is 1.59 bits per heavy atom. The topological polar surface area (TPSA) is 55.4 Å². The molecule has 0 radical (unpaired) electrons. The molecule has 2 aromatic rings. The fraction of sp³-hybridized carbons (Fsp3) is 0.391. The van der Waals surface area contributed by atoms with E-state index in [9.17, 15) is 9.59 Å². The zero-order valence-corrected chi connectivity index (χ0v) is 16.5. The Morgan fingerprint density at radius 3 is 2.26 bits per heavy atom. The van der Waals surface area contributed by atoms with Crippen molar-refractivity contribution in [3.63, 3.8) is 0 Å². The molecule has 0 aliphatic heterocycles. The van der Waals surface area contributed by atoms with Crippen molar-refractivity contribution < 1.29 is 14.3 Å². The Balaban J connectivity index is 1.62. The lowest BCUT2D eigenvalue weighted by atomic mass is 10.0. The van der Waals surface area contributed by atoms with Crippen LogP contribution in [0.15, 0.2) is 42.5 Å². The summed E-state index contributed by atoms with van der Waals surface area (Å²) in [5, 5.41) is 2.96. The summed E-state index contributed by atoms with van der Waals surface area (Å²) in [6.07, 6.45) is 2.78. The van der Waals surface area contributed by atoms with Gasteiger partial charge in [-0.3, -0.25) is 9.59 Å². The number of benzene rings is 2. The highest BCUT2D eigenvalue weighted by Crippen LogP contribution is 2.22. The van der Waals surface area contributed by atoms with Gasteiger partial charge in [-0.05, 0) is 56.7 Å². The van der Waals surface area contributed by atoms with E-state index in [4.69, 9.17) is 4.74 Å². The fourth-order valence-corrected chi connectivity index (χ4v) is 3.15. The largest absolute Gasteiger partial charge is 0.466 e. The maximum Gasteiger partial charge on any atom is 0.305 e. The SMILES string of the molecule is Cc1cc(C)c(NC(=O)CCCC(=O)OCCCc2ccccc2)c(C)c1. The van der Waals surface area contributed by atoms with Crippen LogP contribution in [0.4, 0.5) is 5.69 Å². The highest BCUT2D eigenvalue weighted by molar-refractivity contribution is 5.92. The second-order valence-corrected chi connectivity index (χ2v) is 6.99. The summed E-state index contributed by atoms with van der Waals surface area (Å²) in [5.74, 6) is -0.305. The van der Waals surface area contributed by atoms with Crippen LogP contribution in [0.2, 0.25) is 0 Å². The van der Waals surface area contributed by atoms with Gasteiger partial charge in [-0.1, -0.05) is 48.0 Å². The van der Waals surface area contributed by atoms with E-state index in [1.165, 1.54) is 11.1 Å². The summed E-state index contributed by atoms with van der Waals surface area (Å²) in [4.78, 5) is 23.9. The molecule has 1 N–H and O–H groups in total. The molecule has 0 bridgehead atoms. The van der Waals surface area contributed by atoms with Crippen LogP contribution in [-0.4, -0.2) is 18.5 Å². The molecule has 0 spiro atoms. The first-order valence-corrected chi connectivity index (χ1v) is 9.53. The highest BCUT2D eigenvalue weighted by atomic mass is 16.5. The minimum absolute atomic E-state index is 0.0677. The number of rotatable bonds is 9. The van der Waals surface area contributed by atoms with Crippen LogP contribution in [0.25, 0.3) is 0 Å². The number of aryl methyl sites for hydroxylation is 4. The number of carbonyl (C=O) groups is 2. The van der Waals surface area contributed by atoms with E-state index in [1.807, 2.05) is 39.0 Å². The molecule has 1 amide bonds. The zero-order chi connectivity index (χ0) is 19.6. The molecular formula is C23H29NO3. The van der Waals surface area contributed by atoms with Gasteiger partial charge in [0.25, 0.3) is 0 Å². The summed E-state index contributed by atoms with van der Waals surface area (Å²) in [6.45, 7) is 6.43. The van der Waals surface area contributed by atoms with Crippen LogP contribution in [0, 0.1) is 20.8 Å². The number of esters is 1. The summed E-state index contributed by atoms with van der Waals surface area (Å²) < 4.78 is 5.24. The molecule has 0 aliphatic carbocycles. The first-order valence-electron chi connectivity index (χ1n) is 9.53. The van der Waals surface area contributed by atoms with Crippen LogP contribution in [0.3, 0.4) is 0 Å². The Bertz CT molecular complexity index is 745. The van der Waals surface area contributed by atoms with Crippen LogP contribution in [-0.2, 0) is 20.7 Å². The molecule has 0 aromatic heterocycles. The second kappa shape index (κ2) is 10.5. The monoisotopic (exact) mass is 367 g/mol. The zero-order valence-electron chi connectivity index (χ0n) is 16.5. The van der Waals surface area contributed by atoms with E-state index < -0.39 is 0 Å². The van der Waals surface area contributed by atoms with Crippen molar-refractivity contribution in [1.82, 2.24) is 0 Å². The molecule has 0 heterocycles. The van der Waals surface area contributed by atoms with Crippen molar-refractivity contribution in [2.24, 2.45) is 0 Å². The van der Waals surface area contributed by atoms with E-state index in [1.54, 1.807) is 0 Å². The molecular weight excluding hydrogens is 338 g/mol. The minimum Gasteiger partial charge on any atom is -0.466 e. The van der Waals surface area contributed by atoms with Gasteiger partial charge in [-0.25, -0.2) is 0 Å². The average molecular weight is 367 g/mol. The Kier molecular flexibility index (Phi) is 8.05. The number of amides is 1. The van der Waals surface area contributed by atoms with Gasteiger partial charge in [0.05, 0.1) is 6.61 Å². The second-order valence-electron chi connectivity index (χ2n) is 6.99. The van der Waals surface area contributed by atoms with Gasteiger partial charge in [0.2, 0.25) is 5.91 Å². The summed E-state index contributed by atoms with van der Waals surface area (Å²) in [6, 6.07) is 14.2. The predicted octanol–water partition coefficient (Wildman–Crippen LogP) is 4.90. The van der Waals surface area contributed by atoms with Crippen LogP contribution < -0.4 is 5.32 Å². The van der Waals surface area contributed by atoms with Crippen LogP contribution in [0.1, 0.15) is 47.9 Å². The molecule has 27 heavy (non-hydrogen) atoms.